The number of rotatable bonds is 3. The van der Waals surface area contributed by atoms with Gasteiger partial charge >= 0.3 is 0 Å². The van der Waals surface area contributed by atoms with Gasteiger partial charge in [-0.1, -0.05) is 0 Å². The van der Waals surface area contributed by atoms with Crippen molar-refractivity contribution in [3.8, 4) is 0 Å². The lowest BCUT2D eigenvalue weighted by atomic mass is 9.99. The molecule has 3 rings (SSSR count). The van der Waals surface area contributed by atoms with E-state index < -0.39 is 0 Å². The van der Waals surface area contributed by atoms with Gasteiger partial charge in [-0.3, -0.25) is 0 Å². The lowest BCUT2D eigenvalue weighted by Gasteiger charge is -2.37. The molecule has 3 heterocycles. The topological polar surface area (TPSA) is 66.5 Å². The minimum absolute atomic E-state index is 0.228. The predicted octanol–water partition coefficient (Wildman–Crippen LogP) is 1.17. The Bertz CT molecular complexity index is 565. The third-order valence-corrected chi connectivity index (χ3v) is 3.74. The van der Waals surface area contributed by atoms with Crippen LogP contribution in [-0.2, 0) is 0 Å². The van der Waals surface area contributed by atoms with E-state index in [-0.39, 0.29) is 6.61 Å². The molecule has 0 radical (unpaired) electrons. The van der Waals surface area contributed by atoms with Crippen LogP contribution in [0.25, 0.3) is 5.78 Å². The summed E-state index contributed by atoms with van der Waals surface area (Å²) in [5, 5.41) is 13.5. The van der Waals surface area contributed by atoms with Gasteiger partial charge in [0.15, 0.2) is 0 Å². The first-order valence-corrected chi connectivity index (χ1v) is 6.84. The summed E-state index contributed by atoms with van der Waals surface area (Å²) < 4.78 is 1.79. The summed E-state index contributed by atoms with van der Waals surface area (Å²) in [7, 11) is 0. The molecule has 0 amide bonds. The van der Waals surface area contributed by atoms with Crippen LogP contribution in [0, 0.1) is 6.92 Å². The second-order valence-corrected chi connectivity index (χ2v) is 5.08. The van der Waals surface area contributed by atoms with Crippen LogP contribution in [0.5, 0.6) is 0 Å². The molecule has 1 aliphatic rings. The zero-order chi connectivity index (χ0) is 13.2. The molecule has 6 nitrogen and oxygen atoms in total. The molecule has 1 saturated heterocycles. The SMILES string of the molecule is Cc1cc(N2CCCCC2CCO)n2ncnc2n1. The predicted molar refractivity (Wildman–Crippen MR) is 72.2 cm³/mol. The van der Waals surface area contributed by atoms with Gasteiger partial charge in [0, 0.05) is 31.0 Å². The molecule has 6 heteroatoms. The van der Waals surface area contributed by atoms with Gasteiger partial charge in [-0.25, -0.2) is 4.98 Å². The molecule has 1 unspecified atom stereocenters. The number of hydrogen-bond donors (Lipinski definition) is 1. The smallest absolute Gasteiger partial charge is 0.254 e. The third-order valence-electron chi connectivity index (χ3n) is 3.74. The summed E-state index contributed by atoms with van der Waals surface area (Å²) in [6.45, 7) is 3.21. The van der Waals surface area contributed by atoms with Crippen molar-refractivity contribution in [1.82, 2.24) is 19.6 Å². The summed E-state index contributed by atoms with van der Waals surface area (Å²) in [6.07, 6.45) is 5.87. The second kappa shape index (κ2) is 5.13. The Kier molecular flexibility index (Phi) is 3.33. The number of aliphatic hydroxyl groups excluding tert-OH is 1. The van der Waals surface area contributed by atoms with Gasteiger partial charge in [-0.15, -0.1) is 0 Å². The molecular formula is C13H19N5O. The molecule has 1 atom stereocenters. The van der Waals surface area contributed by atoms with Crippen LogP contribution in [0.1, 0.15) is 31.4 Å². The van der Waals surface area contributed by atoms with Gasteiger partial charge in [0.2, 0.25) is 0 Å². The van der Waals surface area contributed by atoms with E-state index in [0.717, 1.165) is 30.9 Å². The van der Waals surface area contributed by atoms with E-state index in [0.29, 0.717) is 11.8 Å². The number of piperidine rings is 1. The highest BCUT2D eigenvalue weighted by atomic mass is 16.3. The Morgan fingerprint density at radius 1 is 1.42 bits per heavy atom. The molecule has 1 N–H and O–H groups in total. The monoisotopic (exact) mass is 261 g/mol. The van der Waals surface area contributed by atoms with Crippen LogP contribution in [-0.4, -0.2) is 43.9 Å². The molecule has 0 aliphatic carbocycles. The lowest BCUT2D eigenvalue weighted by molar-refractivity contribution is 0.262. The first-order valence-electron chi connectivity index (χ1n) is 6.84. The number of aryl methyl sites for hydroxylation is 1. The normalized spacial score (nSPS) is 20.1. The average Bonchev–Trinajstić information content (AvgIpc) is 2.87. The molecule has 2 aromatic rings. The van der Waals surface area contributed by atoms with E-state index >= 15 is 0 Å². The quantitative estimate of drug-likeness (QED) is 0.898. The van der Waals surface area contributed by atoms with Gasteiger partial charge in [0.25, 0.3) is 5.78 Å². The van der Waals surface area contributed by atoms with Crippen molar-refractivity contribution in [1.29, 1.82) is 0 Å². The van der Waals surface area contributed by atoms with Gasteiger partial charge in [-0.05, 0) is 32.6 Å². The number of hydrogen-bond acceptors (Lipinski definition) is 5. The zero-order valence-corrected chi connectivity index (χ0v) is 11.2. The van der Waals surface area contributed by atoms with E-state index in [4.69, 9.17) is 0 Å². The van der Waals surface area contributed by atoms with E-state index in [1.165, 1.54) is 19.2 Å². The third kappa shape index (κ3) is 2.28. The number of nitrogens with zero attached hydrogens (tertiary/aromatic N) is 5. The van der Waals surface area contributed by atoms with Crippen molar-refractivity contribution < 1.29 is 5.11 Å². The molecular weight excluding hydrogens is 242 g/mol. The van der Waals surface area contributed by atoms with Crippen molar-refractivity contribution in [2.45, 2.75) is 38.6 Å². The molecule has 0 bridgehead atoms. The van der Waals surface area contributed by atoms with Crippen LogP contribution in [0.15, 0.2) is 12.4 Å². The van der Waals surface area contributed by atoms with E-state index in [1.54, 1.807) is 4.52 Å². The van der Waals surface area contributed by atoms with Crippen molar-refractivity contribution in [2.24, 2.45) is 0 Å². The van der Waals surface area contributed by atoms with E-state index in [1.807, 2.05) is 6.92 Å². The van der Waals surface area contributed by atoms with Crippen LogP contribution < -0.4 is 4.90 Å². The highest BCUT2D eigenvalue weighted by Gasteiger charge is 2.24. The van der Waals surface area contributed by atoms with Crippen molar-refractivity contribution in [3.63, 3.8) is 0 Å². The summed E-state index contributed by atoms with van der Waals surface area (Å²) in [6, 6.07) is 2.44. The zero-order valence-electron chi connectivity index (χ0n) is 11.2. The molecule has 0 aromatic carbocycles. The van der Waals surface area contributed by atoms with Gasteiger partial charge in [0.05, 0.1) is 0 Å². The van der Waals surface area contributed by atoms with E-state index in [2.05, 4.69) is 26.0 Å². The molecule has 1 aliphatic heterocycles. The highest BCUT2D eigenvalue weighted by molar-refractivity contribution is 5.48. The fourth-order valence-electron chi connectivity index (χ4n) is 2.87. The Morgan fingerprint density at radius 2 is 2.32 bits per heavy atom. The first kappa shape index (κ1) is 12.3. The molecule has 0 spiro atoms. The van der Waals surface area contributed by atoms with Gasteiger partial charge in [0.1, 0.15) is 12.1 Å². The summed E-state index contributed by atoms with van der Waals surface area (Å²) in [5.74, 6) is 1.68. The first-order chi connectivity index (χ1) is 9.29. The van der Waals surface area contributed by atoms with Crippen LogP contribution in [0.4, 0.5) is 5.82 Å². The Balaban J connectivity index is 2.03. The van der Waals surface area contributed by atoms with Crippen LogP contribution >= 0.6 is 0 Å². The lowest BCUT2D eigenvalue weighted by Crippen LogP contribution is -2.41. The van der Waals surface area contributed by atoms with Gasteiger partial charge < -0.3 is 10.0 Å². The van der Waals surface area contributed by atoms with Crippen molar-refractivity contribution in [3.05, 3.63) is 18.1 Å². The van der Waals surface area contributed by atoms with Crippen LogP contribution in [0.2, 0.25) is 0 Å². The molecule has 19 heavy (non-hydrogen) atoms. The fraction of sp³-hybridized carbons (Fsp3) is 0.615. The largest absolute Gasteiger partial charge is 0.396 e. The summed E-state index contributed by atoms with van der Waals surface area (Å²) >= 11 is 0. The number of anilines is 1. The fourth-order valence-corrected chi connectivity index (χ4v) is 2.87. The van der Waals surface area contributed by atoms with Crippen molar-refractivity contribution >= 4 is 11.6 Å². The Morgan fingerprint density at radius 3 is 3.16 bits per heavy atom. The average molecular weight is 261 g/mol. The van der Waals surface area contributed by atoms with Crippen molar-refractivity contribution in [2.75, 3.05) is 18.1 Å². The maximum absolute atomic E-state index is 9.24. The van der Waals surface area contributed by atoms with E-state index in [9.17, 15) is 5.11 Å². The van der Waals surface area contributed by atoms with Gasteiger partial charge in [-0.2, -0.15) is 14.6 Å². The molecule has 2 aromatic heterocycles. The molecule has 1 fully saturated rings. The minimum Gasteiger partial charge on any atom is -0.396 e. The Hall–Kier alpha value is -1.69. The second-order valence-electron chi connectivity index (χ2n) is 5.08. The maximum Gasteiger partial charge on any atom is 0.254 e. The molecule has 102 valence electrons. The van der Waals surface area contributed by atoms with Crippen LogP contribution in [0.3, 0.4) is 0 Å². The summed E-state index contributed by atoms with van der Waals surface area (Å²) in [4.78, 5) is 10.9. The highest BCUT2D eigenvalue weighted by Crippen LogP contribution is 2.26. The minimum atomic E-state index is 0.228. The number of fused-ring (bicyclic) bond motifs is 1. The Labute approximate surface area is 112 Å². The standard InChI is InChI=1S/C13H19N5O/c1-10-8-12(18-13(16-10)14-9-15-18)17-6-3-2-4-11(17)5-7-19/h8-9,11,19H,2-7H2,1H3. The number of aliphatic hydroxyl groups is 1. The summed E-state index contributed by atoms with van der Waals surface area (Å²) in [5.41, 5.74) is 0.948. The molecule has 0 saturated carbocycles. The number of aromatic nitrogens is 4. The maximum atomic E-state index is 9.24.